The maximum absolute atomic E-state index is 13.4. The van der Waals surface area contributed by atoms with Crippen LogP contribution in [0.1, 0.15) is 24.2 Å². The molecule has 1 aliphatic rings. The van der Waals surface area contributed by atoms with E-state index in [4.69, 9.17) is 0 Å². The normalized spacial score (nSPS) is 13.3. The van der Waals surface area contributed by atoms with Crippen LogP contribution in [0.5, 0.6) is 0 Å². The third kappa shape index (κ3) is 4.28. The van der Waals surface area contributed by atoms with Gasteiger partial charge in [0.15, 0.2) is 5.82 Å². The first kappa shape index (κ1) is 20.1. The average molecular weight is 393 g/mol. The van der Waals surface area contributed by atoms with Gasteiger partial charge in [-0.25, -0.2) is 9.67 Å². The lowest BCUT2D eigenvalue weighted by Gasteiger charge is -2.13. The molecule has 0 spiro atoms. The molecule has 0 aliphatic heterocycles. The highest BCUT2D eigenvalue weighted by Crippen LogP contribution is 2.36. The Balaban J connectivity index is 0.00000240. The second-order valence-corrected chi connectivity index (χ2v) is 6.08. The fourth-order valence-electron chi connectivity index (χ4n) is 2.92. The molecular formula is C23H18F3N3. The van der Waals surface area contributed by atoms with Gasteiger partial charge in [-0.1, -0.05) is 31.7 Å². The zero-order valence-electron chi connectivity index (χ0n) is 14.6. The SMILES string of the molecule is C.FC(F)(F)c1ccccc1C1=CC(c2ccn(-c3ccccn3)n2)=CC=C=C1. The fraction of sp³-hybridized carbons (Fsp3) is 0.0870. The molecule has 0 bridgehead atoms. The van der Waals surface area contributed by atoms with Crippen molar-refractivity contribution in [1.29, 1.82) is 0 Å². The number of nitrogens with zero attached hydrogens (tertiary/aromatic N) is 3. The lowest BCUT2D eigenvalue weighted by molar-refractivity contribution is -0.137. The maximum atomic E-state index is 13.4. The number of benzene rings is 1. The summed E-state index contributed by atoms with van der Waals surface area (Å²) in [6.07, 6.45) is 5.65. The van der Waals surface area contributed by atoms with E-state index in [1.165, 1.54) is 12.1 Å². The predicted molar refractivity (Wildman–Crippen MR) is 108 cm³/mol. The summed E-state index contributed by atoms with van der Waals surface area (Å²) in [5, 5.41) is 4.50. The van der Waals surface area contributed by atoms with Crippen molar-refractivity contribution in [2.24, 2.45) is 0 Å². The minimum absolute atomic E-state index is 0. The average Bonchev–Trinajstić information content (AvgIpc) is 3.06. The summed E-state index contributed by atoms with van der Waals surface area (Å²) in [6, 6.07) is 12.8. The summed E-state index contributed by atoms with van der Waals surface area (Å²) in [6.45, 7) is 0. The van der Waals surface area contributed by atoms with Gasteiger partial charge in [-0.3, -0.25) is 0 Å². The molecule has 0 N–H and O–H groups in total. The summed E-state index contributed by atoms with van der Waals surface area (Å²) in [7, 11) is 0. The van der Waals surface area contributed by atoms with Crippen molar-refractivity contribution < 1.29 is 13.2 Å². The molecule has 2 heterocycles. The third-order valence-corrected chi connectivity index (χ3v) is 4.22. The highest BCUT2D eigenvalue weighted by molar-refractivity contribution is 5.89. The van der Waals surface area contributed by atoms with Crippen LogP contribution in [0, 0.1) is 0 Å². The summed E-state index contributed by atoms with van der Waals surface area (Å²) in [5.74, 6) is 0.656. The smallest absolute Gasteiger partial charge is 0.237 e. The first-order valence-electron chi connectivity index (χ1n) is 8.51. The molecule has 29 heavy (non-hydrogen) atoms. The second kappa shape index (κ2) is 8.17. The highest BCUT2D eigenvalue weighted by Gasteiger charge is 2.33. The van der Waals surface area contributed by atoms with Crippen LogP contribution in [0.2, 0.25) is 0 Å². The molecule has 0 amide bonds. The van der Waals surface area contributed by atoms with Gasteiger partial charge in [-0.15, -0.1) is 5.73 Å². The Morgan fingerprint density at radius 3 is 2.48 bits per heavy atom. The van der Waals surface area contributed by atoms with Crippen molar-refractivity contribution in [2.45, 2.75) is 13.6 Å². The molecule has 4 rings (SSSR count). The summed E-state index contributed by atoms with van der Waals surface area (Å²) in [5.41, 5.74) is 4.05. The lowest BCUT2D eigenvalue weighted by atomic mass is 9.97. The highest BCUT2D eigenvalue weighted by atomic mass is 19.4. The molecule has 3 aromatic rings. The zero-order valence-corrected chi connectivity index (χ0v) is 14.6. The first-order valence-corrected chi connectivity index (χ1v) is 8.51. The number of rotatable bonds is 3. The predicted octanol–water partition coefficient (Wildman–Crippen LogP) is 6.11. The first-order chi connectivity index (χ1) is 13.5. The molecule has 0 atom stereocenters. The number of hydrogen-bond donors (Lipinski definition) is 0. The Hall–Kier alpha value is -3.63. The van der Waals surface area contributed by atoms with Gasteiger partial charge in [0.25, 0.3) is 0 Å². The number of halogens is 3. The lowest BCUT2D eigenvalue weighted by Crippen LogP contribution is -2.08. The Bertz CT molecular complexity index is 1130. The van der Waals surface area contributed by atoms with Crippen molar-refractivity contribution >= 4 is 11.1 Å². The van der Waals surface area contributed by atoms with Gasteiger partial charge in [-0.05, 0) is 59.7 Å². The molecule has 1 aromatic carbocycles. The van der Waals surface area contributed by atoms with Crippen molar-refractivity contribution in [1.82, 2.24) is 14.8 Å². The van der Waals surface area contributed by atoms with Gasteiger partial charge in [0.1, 0.15) is 0 Å². The van der Waals surface area contributed by atoms with Crippen molar-refractivity contribution in [2.75, 3.05) is 0 Å². The number of allylic oxidation sites excluding steroid dienone is 5. The van der Waals surface area contributed by atoms with Crippen LogP contribution in [0.4, 0.5) is 13.2 Å². The Kier molecular flexibility index (Phi) is 5.66. The Labute approximate surface area is 166 Å². The molecule has 2 aromatic heterocycles. The van der Waals surface area contributed by atoms with E-state index < -0.39 is 11.7 Å². The van der Waals surface area contributed by atoms with Crippen molar-refractivity contribution in [3.8, 4) is 5.82 Å². The van der Waals surface area contributed by atoms with Gasteiger partial charge in [0.2, 0.25) is 0 Å². The molecular weight excluding hydrogens is 375 g/mol. The molecule has 0 radical (unpaired) electrons. The van der Waals surface area contributed by atoms with Crippen LogP contribution in [-0.4, -0.2) is 14.8 Å². The van der Waals surface area contributed by atoms with Crippen LogP contribution in [-0.2, 0) is 6.18 Å². The van der Waals surface area contributed by atoms with Crippen LogP contribution in [0.15, 0.2) is 91.0 Å². The maximum Gasteiger partial charge on any atom is 0.417 e. The van der Waals surface area contributed by atoms with Crippen LogP contribution in [0.25, 0.3) is 17.0 Å². The summed E-state index contributed by atoms with van der Waals surface area (Å²) < 4.78 is 41.8. The van der Waals surface area contributed by atoms with Gasteiger partial charge in [-0.2, -0.15) is 18.3 Å². The van der Waals surface area contributed by atoms with Crippen LogP contribution in [0.3, 0.4) is 0 Å². The van der Waals surface area contributed by atoms with E-state index in [1.807, 2.05) is 18.2 Å². The monoisotopic (exact) mass is 393 g/mol. The van der Waals surface area contributed by atoms with Crippen molar-refractivity contribution in [3.05, 3.63) is 108 Å². The topological polar surface area (TPSA) is 30.7 Å². The van der Waals surface area contributed by atoms with E-state index in [2.05, 4.69) is 15.8 Å². The van der Waals surface area contributed by atoms with Crippen molar-refractivity contribution in [3.63, 3.8) is 0 Å². The van der Waals surface area contributed by atoms with E-state index in [0.29, 0.717) is 22.7 Å². The fourth-order valence-corrected chi connectivity index (χ4v) is 2.92. The van der Waals surface area contributed by atoms with E-state index in [9.17, 15) is 13.2 Å². The van der Waals surface area contributed by atoms with Gasteiger partial charge in [0.05, 0.1) is 11.3 Å². The molecule has 0 saturated heterocycles. The summed E-state index contributed by atoms with van der Waals surface area (Å²) >= 11 is 0. The molecule has 146 valence electrons. The van der Waals surface area contributed by atoms with Crippen LogP contribution >= 0.6 is 0 Å². The van der Waals surface area contributed by atoms with Gasteiger partial charge >= 0.3 is 6.18 Å². The largest absolute Gasteiger partial charge is 0.417 e. The summed E-state index contributed by atoms with van der Waals surface area (Å²) in [4.78, 5) is 4.24. The number of aromatic nitrogens is 3. The van der Waals surface area contributed by atoms with Gasteiger partial charge < -0.3 is 0 Å². The Morgan fingerprint density at radius 1 is 0.931 bits per heavy atom. The van der Waals surface area contributed by atoms with E-state index >= 15 is 0 Å². The minimum atomic E-state index is -4.44. The van der Waals surface area contributed by atoms with E-state index in [0.717, 1.165) is 6.07 Å². The number of alkyl halides is 3. The van der Waals surface area contributed by atoms with Crippen LogP contribution < -0.4 is 0 Å². The number of pyridine rings is 1. The molecule has 0 saturated carbocycles. The van der Waals surface area contributed by atoms with E-state index in [1.54, 1.807) is 53.5 Å². The number of hydrogen-bond acceptors (Lipinski definition) is 2. The molecule has 0 fully saturated rings. The third-order valence-electron chi connectivity index (χ3n) is 4.22. The quantitative estimate of drug-likeness (QED) is 0.502. The standard InChI is InChI=1S/C22H14F3N3.CH4/c23-22(24,25)19-10-4-3-9-18(19)16-7-1-2-8-17(15-16)20-12-14-28(27-20)21-11-5-6-13-26-21;/h2-15H;1H4. The zero-order chi connectivity index (χ0) is 19.6. The van der Waals surface area contributed by atoms with E-state index in [-0.39, 0.29) is 13.0 Å². The Morgan fingerprint density at radius 2 is 1.72 bits per heavy atom. The second-order valence-electron chi connectivity index (χ2n) is 6.08. The molecule has 3 nitrogen and oxygen atoms in total. The molecule has 6 heteroatoms. The molecule has 0 unspecified atom stereocenters. The van der Waals surface area contributed by atoms with Gasteiger partial charge in [0, 0.05) is 18.0 Å². The molecule has 1 aliphatic carbocycles. The minimum Gasteiger partial charge on any atom is -0.237 e.